The average Bonchev–Trinajstić information content (AvgIpc) is 3.19. The number of halogens is 1. The Morgan fingerprint density at radius 1 is 1.39 bits per heavy atom. The Morgan fingerprint density at radius 2 is 2.06 bits per heavy atom. The molecule has 1 aliphatic rings. The van der Waals surface area contributed by atoms with E-state index in [1.807, 2.05) is 0 Å². The summed E-state index contributed by atoms with van der Waals surface area (Å²) < 4.78 is 0. The number of carbonyl (C=O) groups is 1. The van der Waals surface area contributed by atoms with Crippen LogP contribution in [0.5, 0.6) is 0 Å². The smallest absolute Gasteiger partial charge is 0.176 e. The lowest BCUT2D eigenvalue weighted by Crippen LogP contribution is -2.32. The van der Waals surface area contributed by atoms with E-state index in [-0.39, 0.29) is 5.78 Å². The minimum Gasteiger partial charge on any atom is -0.293 e. The van der Waals surface area contributed by atoms with Gasteiger partial charge in [-0.05, 0) is 37.1 Å². The standard InChI is InChI=1S/C14H15ClN2O/c15-12-4-2-11(3-5-12)14(18)10-17(9-1-8-16)13-6-7-13/h2-5,13H,1,6-7,9-10H2. The van der Waals surface area contributed by atoms with Crippen molar-refractivity contribution in [3.8, 4) is 6.07 Å². The van der Waals surface area contributed by atoms with Gasteiger partial charge in [0.05, 0.1) is 12.6 Å². The monoisotopic (exact) mass is 262 g/mol. The largest absolute Gasteiger partial charge is 0.293 e. The van der Waals surface area contributed by atoms with E-state index in [4.69, 9.17) is 16.9 Å². The highest BCUT2D eigenvalue weighted by Crippen LogP contribution is 2.27. The molecule has 4 heteroatoms. The van der Waals surface area contributed by atoms with Crippen molar-refractivity contribution in [2.24, 2.45) is 0 Å². The van der Waals surface area contributed by atoms with Crippen LogP contribution in [0.1, 0.15) is 29.6 Å². The van der Waals surface area contributed by atoms with Gasteiger partial charge >= 0.3 is 0 Å². The third-order valence-corrected chi connectivity index (χ3v) is 3.34. The molecule has 94 valence electrons. The summed E-state index contributed by atoms with van der Waals surface area (Å²) in [6.07, 6.45) is 2.75. The fourth-order valence-corrected chi connectivity index (χ4v) is 2.06. The number of Topliss-reactive ketones (excluding diaryl/α,β-unsaturated/α-hetero) is 1. The van der Waals surface area contributed by atoms with Crippen molar-refractivity contribution in [3.63, 3.8) is 0 Å². The van der Waals surface area contributed by atoms with Crippen molar-refractivity contribution >= 4 is 17.4 Å². The molecule has 0 bridgehead atoms. The van der Waals surface area contributed by atoms with E-state index in [0.29, 0.717) is 36.1 Å². The van der Waals surface area contributed by atoms with Crippen LogP contribution in [0.15, 0.2) is 24.3 Å². The van der Waals surface area contributed by atoms with Gasteiger partial charge in [0.2, 0.25) is 0 Å². The van der Waals surface area contributed by atoms with E-state index in [0.717, 1.165) is 12.8 Å². The lowest BCUT2D eigenvalue weighted by Gasteiger charge is -2.19. The second-order valence-electron chi connectivity index (χ2n) is 4.54. The van der Waals surface area contributed by atoms with Gasteiger partial charge in [0, 0.05) is 29.6 Å². The van der Waals surface area contributed by atoms with Gasteiger partial charge in [-0.1, -0.05) is 11.6 Å². The number of benzene rings is 1. The van der Waals surface area contributed by atoms with Crippen molar-refractivity contribution in [3.05, 3.63) is 34.9 Å². The molecule has 0 aliphatic heterocycles. The number of hydrogen-bond acceptors (Lipinski definition) is 3. The molecule has 1 aliphatic carbocycles. The van der Waals surface area contributed by atoms with Crippen LogP contribution in [-0.4, -0.2) is 29.8 Å². The van der Waals surface area contributed by atoms with Gasteiger partial charge in [-0.2, -0.15) is 5.26 Å². The Balaban J connectivity index is 1.96. The highest BCUT2D eigenvalue weighted by atomic mass is 35.5. The Bertz CT molecular complexity index is 460. The number of carbonyl (C=O) groups excluding carboxylic acids is 1. The molecule has 0 aromatic heterocycles. The van der Waals surface area contributed by atoms with Crippen LogP contribution in [0.25, 0.3) is 0 Å². The van der Waals surface area contributed by atoms with Gasteiger partial charge in [-0.15, -0.1) is 0 Å². The zero-order chi connectivity index (χ0) is 13.0. The summed E-state index contributed by atoms with van der Waals surface area (Å²) in [5.74, 6) is 0.0940. The highest BCUT2D eigenvalue weighted by molar-refractivity contribution is 6.30. The van der Waals surface area contributed by atoms with Crippen molar-refractivity contribution in [1.82, 2.24) is 4.90 Å². The van der Waals surface area contributed by atoms with E-state index in [1.165, 1.54) is 0 Å². The molecule has 0 radical (unpaired) electrons. The molecule has 0 atom stereocenters. The quantitative estimate of drug-likeness (QED) is 0.741. The van der Waals surface area contributed by atoms with Crippen LogP contribution in [-0.2, 0) is 0 Å². The number of rotatable bonds is 6. The first-order chi connectivity index (χ1) is 8.70. The lowest BCUT2D eigenvalue weighted by atomic mass is 10.1. The maximum absolute atomic E-state index is 12.1. The van der Waals surface area contributed by atoms with Crippen LogP contribution < -0.4 is 0 Å². The Hall–Kier alpha value is -1.37. The second-order valence-corrected chi connectivity index (χ2v) is 4.98. The number of nitrogens with zero attached hydrogens (tertiary/aromatic N) is 2. The molecular weight excluding hydrogens is 248 g/mol. The van der Waals surface area contributed by atoms with Crippen molar-refractivity contribution in [1.29, 1.82) is 5.26 Å². The molecule has 0 heterocycles. The van der Waals surface area contributed by atoms with Crippen molar-refractivity contribution in [2.75, 3.05) is 13.1 Å². The highest BCUT2D eigenvalue weighted by Gasteiger charge is 2.29. The summed E-state index contributed by atoms with van der Waals surface area (Å²) in [7, 11) is 0. The van der Waals surface area contributed by atoms with E-state index >= 15 is 0 Å². The molecule has 0 saturated heterocycles. The molecule has 0 unspecified atom stereocenters. The average molecular weight is 263 g/mol. The second kappa shape index (κ2) is 5.99. The van der Waals surface area contributed by atoms with Crippen LogP contribution in [0.2, 0.25) is 5.02 Å². The molecule has 1 aromatic carbocycles. The molecule has 3 nitrogen and oxygen atoms in total. The fourth-order valence-electron chi connectivity index (χ4n) is 1.94. The zero-order valence-corrected chi connectivity index (χ0v) is 10.9. The van der Waals surface area contributed by atoms with E-state index < -0.39 is 0 Å². The molecule has 0 spiro atoms. The first kappa shape index (κ1) is 13.1. The molecule has 1 aromatic rings. The third kappa shape index (κ3) is 3.56. The summed E-state index contributed by atoms with van der Waals surface area (Å²) in [5.41, 5.74) is 0.682. The lowest BCUT2D eigenvalue weighted by molar-refractivity contribution is 0.0926. The van der Waals surface area contributed by atoms with E-state index in [2.05, 4.69) is 11.0 Å². The molecule has 1 saturated carbocycles. The molecule has 0 amide bonds. The Kier molecular flexibility index (Phi) is 4.35. The predicted molar refractivity (Wildman–Crippen MR) is 70.6 cm³/mol. The summed E-state index contributed by atoms with van der Waals surface area (Å²) >= 11 is 5.79. The van der Waals surface area contributed by atoms with Crippen molar-refractivity contribution in [2.45, 2.75) is 25.3 Å². The summed E-state index contributed by atoms with van der Waals surface area (Å²) in [5, 5.41) is 9.26. The normalized spacial score (nSPS) is 14.5. The minimum atomic E-state index is 0.0940. The van der Waals surface area contributed by atoms with Crippen molar-refractivity contribution < 1.29 is 4.79 Å². The molecular formula is C14H15ClN2O. The topological polar surface area (TPSA) is 44.1 Å². The molecule has 18 heavy (non-hydrogen) atoms. The molecule has 1 fully saturated rings. The van der Waals surface area contributed by atoms with Gasteiger partial charge in [-0.3, -0.25) is 9.69 Å². The van der Waals surface area contributed by atoms with E-state index in [9.17, 15) is 4.79 Å². The number of nitriles is 1. The number of hydrogen-bond donors (Lipinski definition) is 0. The molecule has 0 N–H and O–H groups in total. The van der Waals surface area contributed by atoms with Crippen LogP contribution in [0.4, 0.5) is 0 Å². The van der Waals surface area contributed by atoms with Crippen LogP contribution in [0.3, 0.4) is 0 Å². The third-order valence-electron chi connectivity index (χ3n) is 3.09. The van der Waals surface area contributed by atoms with Gasteiger partial charge in [0.25, 0.3) is 0 Å². The van der Waals surface area contributed by atoms with Gasteiger partial charge in [0.1, 0.15) is 0 Å². The fraction of sp³-hybridized carbons (Fsp3) is 0.429. The Labute approximate surface area is 112 Å². The first-order valence-electron chi connectivity index (χ1n) is 6.10. The first-order valence-corrected chi connectivity index (χ1v) is 6.48. The summed E-state index contributed by atoms with van der Waals surface area (Å²) in [6, 6.07) is 9.58. The van der Waals surface area contributed by atoms with Gasteiger partial charge in [0.15, 0.2) is 5.78 Å². The van der Waals surface area contributed by atoms with E-state index in [1.54, 1.807) is 24.3 Å². The Morgan fingerprint density at radius 3 is 2.61 bits per heavy atom. The predicted octanol–water partition coefficient (Wildman–Crippen LogP) is 2.90. The number of ketones is 1. The van der Waals surface area contributed by atoms with Gasteiger partial charge in [-0.25, -0.2) is 0 Å². The van der Waals surface area contributed by atoms with Crippen LogP contribution >= 0.6 is 11.6 Å². The maximum atomic E-state index is 12.1. The van der Waals surface area contributed by atoms with Gasteiger partial charge < -0.3 is 0 Å². The summed E-state index contributed by atoms with van der Waals surface area (Å²) in [4.78, 5) is 14.2. The SMILES string of the molecule is N#CCCN(CC(=O)c1ccc(Cl)cc1)C1CC1. The molecule has 2 rings (SSSR count). The minimum absolute atomic E-state index is 0.0940. The summed E-state index contributed by atoms with van der Waals surface area (Å²) in [6.45, 7) is 1.08. The maximum Gasteiger partial charge on any atom is 0.176 e. The zero-order valence-electron chi connectivity index (χ0n) is 10.1. The van der Waals surface area contributed by atoms with Crippen LogP contribution in [0, 0.1) is 11.3 Å².